The van der Waals surface area contributed by atoms with E-state index in [2.05, 4.69) is 16.0 Å². The summed E-state index contributed by atoms with van der Waals surface area (Å²) in [5.74, 6) is 1.15. The number of rotatable bonds is 6. The van der Waals surface area contributed by atoms with Gasteiger partial charge >= 0.3 is 6.03 Å². The summed E-state index contributed by atoms with van der Waals surface area (Å²) in [6, 6.07) is 7.67. The predicted molar refractivity (Wildman–Crippen MR) is 110 cm³/mol. The molecule has 28 heavy (non-hydrogen) atoms. The van der Waals surface area contributed by atoms with Crippen molar-refractivity contribution in [3.8, 4) is 0 Å². The number of hydrogen-bond acceptors (Lipinski definition) is 2. The summed E-state index contributed by atoms with van der Waals surface area (Å²) in [4.78, 5) is 24.2. The standard InChI is InChI=1S/C22H30ClN3O2/c23-18-7-5-15(6-8-18)13-25-21(28)26-19-11-22(12-19)9-16(10-22)14-24-20(27)17-3-1-2-4-17/h5-8,16-17,19H,1-4,9-14H2,(H,24,27)(H2,25,26,28). The Morgan fingerprint density at radius 3 is 2.36 bits per heavy atom. The summed E-state index contributed by atoms with van der Waals surface area (Å²) in [6.45, 7) is 1.33. The zero-order valence-corrected chi connectivity index (χ0v) is 17.1. The van der Waals surface area contributed by atoms with Gasteiger partial charge in [-0.05, 0) is 67.6 Å². The minimum atomic E-state index is -0.102. The maximum Gasteiger partial charge on any atom is 0.315 e. The third kappa shape index (κ3) is 4.62. The van der Waals surface area contributed by atoms with Gasteiger partial charge in [-0.15, -0.1) is 0 Å². The summed E-state index contributed by atoms with van der Waals surface area (Å²) in [5.41, 5.74) is 1.45. The van der Waals surface area contributed by atoms with Gasteiger partial charge in [-0.3, -0.25) is 4.79 Å². The van der Waals surface area contributed by atoms with E-state index in [-0.39, 0.29) is 23.9 Å². The molecule has 5 nitrogen and oxygen atoms in total. The van der Waals surface area contributed by atoms with Crippen LogP contribution in [0.25, 0.3) is 0 Å². The molecule has 1 aromatic carbocycles. The minimum Gasteiger partial charge on any atom is -0.356 e. The Hall–Kier alpha value is -1.75. The number of nitrogens with one attached hydrogen (secondary N) is 3. The topological polar surface area (TPSA) is 70.2 Å². The highest BCUT2D eigenvalue weighted by Crippen LogP contribution is 2.58. The summed E-state index contributed by atoms with van der Waals surface area (Å²) >= 11 is 5.87. The van der Waals surface area contributed by atoms with Crippen LogP contribution in [0.2, 0.25) is 5.02 Å². The van der Waals surface area contributed by atoms with E-state index in [1.165, 1.54) is 25.7 Å². The second-order valence-corrected chi connectivity index (χ2v) is 9.50. The molecule has 0 heterocycles. The molecule has 0 saturated heterocycles. The maximum atomic E-state index is 12.1. The Kier molecular flexibility index (Phi) is 5.81. The Morgan fingerprint density at radius 1 is 1.00 bits per heavy atom. The van der Waals surface area contributed by atoms with Crippen molar-refractivity contribution in [1.29, 1.82) is 0 Å². The van der Waals surface area contributed by atoms with Crippen LogP contribution in [0.5, 0.6) is 0 Å². The van der Waals surface area contributed by atoms with Crippen LogP contribution in [0, 0.1) is 17.3 Å². The largest absolute Gasteiger partial charge is 0.356 e. The van der Waals surface area contributed by atoms with Crippen molar-refractivity contribution in [3.63, 3.8) is 0 Å². The summed E-state index contributed by atoms with van der Waals surface area (Å²) in [5, 5.41) is 9.85. The Bertz CT molecular complexity index is 701. The molecule has 3 amide bonds. The number of amides is 3. The normalized spacial score (nSPS) is 29.0. The van der Waals surface area contributed by atoms with Gasteiger partial charge in [0.25, 0.3) is 0 Å². The van der Waals surface area contributed by atoms with Crippen molar-refractivity contribution in [2.75, 3.05) is 6.54 Å². The molecule has 3 fully saturated rings. The highest BCUT2D eigenvalue weighted by atomic mass is 35.5. The molecule has 1 aromatic rings. The fourth-order valence-electron chi connectivity index (χ4n) is 5.33. The first-order chi connectivity index (χ1) is 13.5. The van der Waals surface area contributed by atoms with Gasteiger partial charge in [-0.25, -0.2) is 4.79 Å². The zero-order valence-electron chi connectivity index (χ0n) is 16.3. The molecule has 0 atom stereocenters. The van der Waals surface area contributed by atoms with E-state index in [1.54, 1.807) is 0 Å². The lowest BCUT2D eigenvalue weighted by Gasteiger charge is -2.58. The quantitative estimate of drug-likeness (QED) is 0.671. The molecule has 0 aromatic heterocycles. The van der Waals surface area contributed by atoms with E-state index in [0.717, 1.165) is 37.8 Å². The molecule has 0 radical (unpaired) electrons. The predicted octanol–water partition coefficient (Wildman–Crippen LogP) is 4.00. The second-order valence-electron chi connectivity index (χ2n) is 9.06. The van der Waals surface area contributed by atoms with E-state index in [0.29, 0.717) is 22.9 Å². The molecule has 152 valence electrons. The van der Waals surface area contributed by atoms with Crippen molar-refractivity contribution in [2.24, 2.45) is 17.3 Å². The lowest BCUT2D eigenvalue weighted by molar-refractivity contribution is -0.126. The molecule has 0 unspecified atom stereocenters. The van der Waals surface area contributed by atoms with Crippen LogP contribution in [-0.2, 0) is 11.3 Å². The van der Waals surface area contributed by atoms with Crippen LogP contribution < -0.4 is 16.0 Å². The zero-order chi connectivity index (χ0) is 19.6. The summed E-state index contributed by atoms with van der Waals surface area (Å²) < 4.78 is 0. The van der Waals surface area contributed by atoms with E-state index in [1.807, 2.05) is 24.3 Å². The van der Waals surface area contributed by atoms with Gasteiger partial charge < -0.3 is 16.0 Å². The first-order valence-electron chi connectivity index (χ1n) is 10.6. The fourth-order valence-corrected chi connectivity index (χ4v) is 5.45. The van der Waals surface area contributed by atoms with Gasteiger partial charge in [-0.2, -0.15) is 0 Å². The van der Waals surface area contributed by atoms with Crippen molar-refractivity contribution in [2.45, 2.75) is 64.0 Å². The molecule has 6 heteroatoms. The number of carbonyl (C=O) groups excluding carboxylic acids is 2. The first-order valence-corrected chi connectivity index (χ1v) is 11.0. The average molecular weight is 404 g/mol. The van der Waals surface area contributed by atoms with Crippen LogP contribution in [-0.4, -0.2) is 24.5 Å². The summed E-state index contributed by atoms with van der Waals surface area (Å²) in [6.07, 6.45) is 9.02. The molecular weight excluding hydrogens is 374 g/mol. The van der Waals surface area contributed by atoms with Gasteiger partial charge in [0.15, 0.2) is 0 Å². The SMILES string of the molecule is O=C(NCc1ccc(Cl)cc1)NC1CC2(CC(CNC(=O)C3CCCC3)C2)C1. The number of halogens is 1. The van der Waals surface area contributed by atoms with Gasteiger partial charge in [-0.1, -0.05) is 36.6 Å². The highest BCUT2D eigenvalue weighted by Gasteiger charge is 2.52. The lowest BCUT2D eigenvalue weighted by atomic mass is 9.50. The first kappa shape index (κ1) is 19.6. The molecule has 3 aliphatic rings. The maximum absolute atomic E-state index is 12.1. The average Bonchev–Trinajstić information content (AvgIpc) is 3.15. The molecule has 1 spiro atoms. The fraction of sp³-hybridized carbons (Fsp3) is 0.636. The molecule has 0 bridgehead atoms. The molecule has 0 aliphatic heterocycles. The van der Waals surface area contributed by atoms with Crippen LogP contribution >= 0.6 is 11.6 Å². The van der Waals surface area contributed by atoms with E-state index >= 15 is 0 Å². The third-order valence-corrected chi connectivity index (χ3v) is 7.05. The van der Waals surface area contributed by atoms with Gasteiger partial charge in [0.1, 0.15) is 0 Å². The number of hydrogen-bond donors (Lipinski definition) is 3. The van der Waals surface area contributed by atoms with E-state index < -0.39 is 0 Å². The minimum absolute atomic E-state index is 0.102. The molecular formula is C22H30ClN3O2. The van der Waals surface area contributed by atoms with E-state index in [4.69, 9.17) is 11.6 Å². The van der Waals surface area contributed by atoms with Gasteiger partial charge in [0, 0.05) is 30.1 Å². The van der Waals surface area contributed by atoms with Gasteiger partial charge in [0.05, 0.1) is 0 Å². The summed E-state index contributed by atoms with van der Waals surface area (Å²) in [7, 11) is 0. The number of benzene rings is 1. The van der Waals surface area contributed by atoms with Crippen molar-refractivity contribution in [1.82, 2.24) is 16.0 Å². The van der Waals surface area contributed by atoms with E-state index in [9.17, 15) is 9.59 Å². The second kappa shape index (κ2) is 8.32. The Balaban J connectivity index is 1.09. The van der Waals surface area contributed by atoms with Crippen LogP contribution in [0.3, 0.4) is 0 Å². The van der Waals surface area contributed by atoms with Crippen molar-refractivity contribution < 1.29 is 9.59 Å². The lowest BCUT2D eigenvalue weighted by Crippen LogP contribution is -2.58. The van der Waals surface area contributed by atoms with Crippen molar-refractivity contribution >= 4 is 23.5 Å². The van der Waals surface area contributed by atoms with Crippen LogP contribution in [0.15, 0.2) is 24.3 Å². The monoisotopic (exact) mass is 403 g/mol. The van der Waals surface area contributed by atoms with Crippen molar-refractivity contribution in [3.05, 3.63) is 34.9 Å². The Labute approximate surface area is 172 Å². The smallest absolute Gasteiger partial charge is 0.315 e. The molecule has 3 aliphatic carbocycles. The van der Waals surface area contributed by atoms with Crippen LogP contribution in [0.4, 0.5) is 4.79 Å². The molecule has 4 rings (SSSR count). The third-order valence-electron chi connectivity index (χ3n) is 6.79. The number of carbonyl (C=O) groups is 2. The number of urea groups is 1. The van der Waals surface area contributed by atoms with Crippen LogP contribution in [0.1, 0.15) is 56.9 Å². The molecule has 3 N–H and O–H groups in total. The highest BCUT2D eigenvalue weighted by molar-refractivity contribution is 6.30. The Morgan fingerprint density at radius 2 is 1.68 bits per heavy atom. The molecule has 3 saturated carbocycles. The van der Waals surface area contributed by atoms with Gasteiger partial charge in [0.2, 0.25) is 5.91 Å².